The van der Waals surface area contributed by atoms with Crippen LogP contribution in [0.3, 0.4) is 0 Å². The predicted octanol–water partition coefficient (Wildman–Crippen LogP) is 0.499. The molecule has 3 heteroatoms. The normalized spacial score (nSPS) is 9.62. The summed E-state index contributed by atoms with van der Waals surface area (Å²) in [5.74, 6) is 0. The Morgan fingerprint density at radius 2 is 2.62 bits per heavy atom. The summed E-state index contributed by atoms with van der Waals surface area (Å²) in [6.45, 7) is 2.06. The van der Waals surface area contributed by atoms with Gasteiger partial charge in [0.05, 0.1) is 5.69 Å². The van der Waals surface area contributed by atoms with Gasteiger partial charge in [-0.3, -0.25) is 4.98 Å². The van der Waals surface area contributed by atoms with Crippen molar-refractivity contribution in [2.24, 2.45) is 0 Å². The van der Waals surface area contributed by atoms with Crippen molar-refractivity contribution in [3.05, 3.63) is 11.1 Å². The molecule has 0 aliphatic rings. The Balaban J connectivity index is 2.84. The Morgan fingerprint density at radius 1 is 1.88 bits per heavy atom. The van der Waals surface area contributed by atoms with Crippen molar-refractivity contribution >= 4 is 24.1 Å². The first-order chi connectivity index (χ1) is 3.83. The highest BCUT2D eigenvalue weighted by molar-refractivity contribution is 7.17. The van der Waals surface area contributed by atoms with E-state index in [4.69, 9.17) is 7.85 Å². The van der Waals surface area contributed by atoms with E-state index < -0.39 is 0 Å². The van der Waals surface area contributed by atoms with Gasteiger partial charge in [0, 0.05) is 10.3 Å². The van der Waals surface area contributed by atoms with E-state index in [2.05, 4.69) is 11.9 Å². The smallest absolute Gasteiger partial charge is 0.157 e. The highest BCUT2D eigenvalue weighted by atomic mass is 32.1. The van der Waals surface area contributed by atoms with Crippen molar-refractivity contribution in [3.8, 4) is 0 Å². The highest BCUT2D eigenvalue weighted by Gasteiger charge is 1.90. The number of nitrogens with zero attached hydrogens (tertiary/aromatic N) is 1. The van der Waals surface area contributed by atoms with Crippen LogP contribution in [0.1, 0.15) is 12.6 Å². The van der Waals surface area contributed by atoms with E-state index in [1.54, 1.807) is 0 Å². The number of aryl methyl sites for hydroxylation is 1. The van der Waals surface area contributed by atoms with E-state index >= 15 is 0 Å². The van der Waals surface area contributed by atoms with Gasteiger partial charge >= 0.3 is 0 Å². The molecule has 1 rings (SSSR count). The quantitative estimate of drug-likeness (QED) is 0.495. The molecular weight excluding hydrogens is 117 g/mol. The molecule has 1 aromatic heterocycles. The van der Waals surface area contributed by atoms with Crippen LogP contribution in [0, 0.1) is 0 Å². The Labute approximate surface area is 54.2 Å². The minimum absolute atomic E-state index is 0.668. The molecule has 0 atom stereocenters. The number of hydrogen-bond donors (Lipinski definition) is 0. The first-order valence-corrected chi connectivity index (χ1v) is 3.40. The van der Waals surface area contributed by atoms with Crippen molar-refractivity contribution in [1.29, 1.82) is 0 Å². The summed E-state index contributed by atoms with van der Waals surface area (Å²) in [4.78, 5) is 4.69. The molecule has 0 aliphatic heterocycles. The second kappa shape index (κ2) is 2.31. The molecule has 8 heavy (non-hydrogen) atoms. The molecule has 0 saturated carbocycles. The Hall–Kier alpha value is -0.305. The molecule has 0 spiro atoms. The van der Waals surface area contributed by atoms with Gasteiger partial charge in [0.15, 0.2) is 7.85 Å². The maximum absolute atomic E-state index is 5.36. The lowest BCUT2D eigenvalue weighted by molar-refractivity contribution is 1.07. The topological polar surface area (TPSA) is 12.9 Å². The lowest BCUT2D eigenvalue weighted by Crippen LogP contribution is -1.98. The maximum atomic E-state index is 5.36. The van der Waals surface area contributed by atoms with Gasteiger partial charge in [0.2, 0.25) is 0 Å². The molecule has 0 aliphatic carbocycles. The summed E-state index contributed by atoms with van der Waals surface area (Å²) in [6, 6.07) is 0. The zero-order valence-electron chi connectivity index (χ0n) is 4.72. The van der Waals surface area contributed by atoms with Gasteiger partial charge in [-0.2, -0.15) is 0 Å². The zero-order valence-corrected chi connectivity index (χ0v) is 5.53. The Kier molecular flexibility index (Phi) is 1.68. The number of aromatic nitrogens is 1. The van der Waals surface area contributed by atoms with E-state index in [1.165, 1.54) is 11.3 Å². The van der Waals surface area contributed by atoms with Gasteiger partial charge in [0.25, 0.3) is 0 Å². The van der Waals surface area contributed by atoms with Crippen LogP contribution in [0.15, 0.2) is 5.38 Å². The van der Waals surface area contributed by atoms with Gasteiger partial charge < -0.3 is 0 Å². The van der Waals surface area contributed by atoms with Crippen molar-refractivity contribution in [1.82, 2.24) is 4.98 Å². The van der Waals surface area contributed by atoms with Crippen molar-refractivity contribution in [2.75, 3.05) is 0 Å². The van der Waals surface area contributed by atoms with E-state index in [1.807, 2.05) is 5.38 Å². The summed E-state index contributed by atoms with van der Waals surface area (Å²) in [6.07, 6.45) is 0.980. The first-order valence-electron chi connectivity index (χ1n) is 2.53. The summed E-state index contributed by atoms with van der Waals surface area (Å²) < 4.78 is 0. The number of thiazole rings is 1. The third-order valence-corrected chi connectivity index (χ3v) is 1.65. The van der Waals surface area contributed by atoms with Crippen LogP contribution in [0.25, 0.3) is 0 Å². The highest BCUT2D eigenvalue weighted by Crippen LogP contribution is 1.96. The summed E-state index contributed by atoms with van der Waals surface area (Å²) >= 11 is 1.50. The van der Waals surface area contributed by atoms with Gasteiger partial charge in [-0.1, -0.05) is 6.92 Å². The fourth-order valence-corrected chi connectivity index (χ4v) is 1.13. The van der Waals surface area contributed by atoms with E-state index in [9.17, 15) is 0 Å². The third-order valence-electron chi connectivity index (χ3n) is 0.932. The van der Waals surface area contributed by atoms with E-state index in [-0.39, 0.29) is 0 Å². The zero-order chi connectivity index (χ0) is 5.98. The van der Waals surface area contributed by atoms with Gasteiger partial charge in [0.1, 0.15) is 0 Å². The molecule has 1 aromatic rings. The molecule has 0 aromatic carbocycles. The van der Waals surface area contributed by atoms with Crippen molar-refractivity contribution in [2.45, 2.75) is 13.3 Å². The molecule has 40 valence electrons. The summed E-state index contributed by atoms with van der Waals surface area (Å²) in [5.41, 5.74) is 1.09. The summed E-state index contributed by atoms with van der Waals surface area (Å²) in [7, 11) is 5.36. The standard InChI is InChI=1S/C5H6BNS/c1-2-4-3-8-5(6)7-4/h3H,2H2,1H3. The van der Waals surface area contributed by atoms with Crippen LogP contribution in [0.5, 0.6) is 0 Å². The molecule has 0 N–H and O–H groups in total. The minimum Gasteiger partial charge on any atom is -0.258 e. The lowest BCUT2D eigenvalue weighted by atomic mass is 10.2. The molecule has 0 bridgehead atoms. The molecule has 1 nitrogen and oxygen atoms in total. The molecule has 0 saturated heterocycles. The SMILES string of the molecule is [B]c1nc(CC)cs1. The largest absolute Gasteiger partial charge is 0.258 e. The third kappa shape index (κ3) is 1.10. The van der Waals surface area contributed by atoms with Gasteiger partial charge in [-0.25, -0.2) is 0 Å². The molecule has 1 heterocycles. The monoisotopic (exact) mass is 123 g/mol. The number of rotatable bonds is 1. The molecule has 0 fully saturated rings. The van der Waals surface area contributed by atoms with Crippen LogP contribution in [0.4, 0.5) is 0 Å². The minimum atomic E-state index is 0.668. The second-order valence-corrected chi connectivity index (χ2v) is 2.42. The van der Waals surface area contributed by atoms with E-state index in [0.717, 1.165) is 12.1 Å². The fraction of sp³-hybridized carbons (Fsp3) is 0.400. The molecule has 0 amide bonds. The van der Waals surface area contributed by atoms with Crippen molar-refractivity contribution < 1.29 is 0 Å². The predicted molar refractivity (Wildman–Crippen MR) is 36.9 cm³/mol. The first kappa shape index (κ1) is 5.82. The van der Waals surface area contributed by atoms with Crippen molar-refractivity contribution in [3.63, 3.8) is 0 Å². The summed E-state index contributed by atoms with van der Waals surface area (Å²) in [5, 5.41) is 1.98. The van der Waals surface area contributed by atoms with Crippen LogP contribution < -0.4 is 4.91 Å². The number of hydrogen-bond acceptors (Lipinski definition) is 2. The Bertz CT molecular complexity index is 173. The molecule has 2 radical (unpaired) electrons. The molecular formula is C5H6BNS. The molecule has 0 unspecified atom stereocenters. The van der Waals surface area contributed by atoms with Crippen LogP contribution in [0.2, 0.25) is 0 Å². The van der Waals surface area contributed by atoms with E-state index in [0.29, 0.717) is 4.91 Å². The second-order valence-electron chi connectivity index (χ2n) is 1.53. The maximum Gasteiger partial charge on any atom is 0.157 e. The average Bonchev–Trinajstić information content (AvgIpc) is 2.14. The lowest BCUT2D eigenvalue weighted by Gasteiger charge is -1.79. The average molecular weight is 123 g/mol. The van der Waals surface area contributed by atoms with Gasteiger partial charge in [-0.05, 0) is 6.42 Å². The van der Waals surface area contributed by atoms with Crippen LogP contribution in [-0.4, -0.2) is 12.8 Å². The van der Waals surface area contributed by atoms with Crippen LogP contribution >= 0.6 is 11.3 Å². The Morgan fingerprint density at radius 3 is 2.88 bits per heavy atom. The van der Waals surface area contributed by atoms with Gasteiger partial charge in [-0.15, -0.1) is 11.3 Å². The fourth-order valence-electron chi connectivity index (χ4n) is 0.485. The van der Waals surface area contributed by atoms with Crippen LogP contribution in [-0.2, 0) is 6.42 Å².